The first-order valence-corrected chi connectivity index (χ1v) is 4.69. The number of hydrogen-bond acceptors (Lipinski definition) is 0. The quantitative estimate of drug-likeness (QED) is 0.555. The average molecular weight is 162 g/mol. The molecule has 1 rings (SSSR count). The second-order valence-electron chi connectivity index (χ2n) is 3.79. The van der Waals surface area contributed by atoms with Gasteiger partial charge in [0.15, 0.2) is 0 Å². The fraction of sp³-hybridized carbons (Fsp3) is 0.500. The van der Waals surface area contributed by atoms with Crippen LogP contribution in [0.15, 0.2) is 36.5 Å². The second kappa shape index (κ2) is 4.30. The molecule has 0 saturated heterocycles. The zero-order valence-electron chi connectivity index (χ0n) is 8.09. The van der Waals surface area contributed by atoms with E-state index in [1.54, 1.807) is 0 Å². The summed E-state index contributed by atoms with van der Waals surface area (Å²) in [5.74, 6) is 1.40. The molecular formula is C12H18. The van der Waals surface area contributed by atoms with Crippen molar-refractivity contribution in [3.05, 3.63) is 36.5 Å². The number of hydrogen-bond donors (Lipinski definition) is 0. The molecule has 1 aliphatic carbocycles. The second-order valence-corrected chi connectivity index (χ2v) is 3.79. The highest BCUT2D eigenvalue weighted by atomic mass is 14.2. The maximum Gasteiger partial charge on any atom is -0.0190 e. The summed E-state index contributed by atoms with van der Waals surface area (Å²) in [4.78, 5) is 0. The normalized spacial score (nSPS) is 24.0. The molecule has 0 radical (unpaired) electrons. The Labute approximate surface area is 75.7 Å². The van der Waals surface area contributed by atoms with Crippen molar-refractivity contribution < 1.29 is 0 Å². The van der Waals surface area contributed by atoms with Crippen molar-refractivity contribution in [2.75, 3.05) is 0 Å². The number of rotatable bonds is 3. The molecule has 0 fully saturated rings. The lowest BCUT2D eigenvalue weighted by molar-refractivity contribution is 0.494. The smallest absolute Gasteiger partial charge is 0.0190 e. The van der Waals surface area contributed by atoms with Crippen LogP contribution in [0.5, 0.6) is 0 Å². The van der Waals surface area contributed by atoms with Gasteiger partial charge in [-0.25, -0.2) is 0 Å². The molecule has 0 aromatic heterocycles. The largest absolute Gasteiger partial charge is 0.0999 e. The molecule has 0 N–H and O–H groups in total. The molecule has 0 aliphatic heterocycles. The van der Waals surface area contributed by atoms with E-state index in [2.05, 4.69) is 44.7 Å². The Hall–Kier alpha value is -0.780. The zero-order chi connectivity index (χ0) is 8.97. The molecule has 0 nitrogen and oxygen atoms in total. The molecular weight excluding hydrogens is 144 g/mol. The van der Waals surface area contributed by atoms with Gasteiger partial charge < -0.3 is 0 Å². The van der Waals surface area contributed by atoms with Crippen molar-refractivity contribution in [1.29, 1.82) is 0 Å². The first-order valence-electron chi connectivity index (χ1n) is 4.69. The van der Waals surface area contributed by atoms with Crippen LogP contribution in [0.4, 0.5) is 0 Å². The monoisotopic (exact) mass is 162 g/mol. The standard InChI is InChI=1S/C12H18/c1-10(2)11(3)9-12-7-5-4-6-8-12/h4-7,11-12H,1,8-9H2,2-3H3. The van der Waals surface area contributed by atoms with Gasteiger partial charge in [-0.15, -0.1) is 0 Å². The molecule has 0 amide bonds. The van der Waals surface area contributed by atoms with Crippen LogP contribution in [0, 0.1) is 11.8 Å². The van der Waals surface area contributed by atoms with E-state index in [1.807, 2.05) is 0 Å². The van der Waals surface area contributed by atoms with Crippen LogP contribution in [0.25, 0.3) is 0 Å². The van der Waals surface area contributed by atoms with Crippen LogP contribution in [0.1, 0.15) is 26.7 Å². The van der Waals surface area contributed by atoms with Gasteiger partial charge in [-0.3, -0.25) is 0 Å². The highest BCUT2D eigenvalue weighted by molar-refractivity contribution is 5.11. The fourth-order valence-electron chi connectivity index (χ4n) is 1.46. The summed E-state index contributed by atoms with van der Waals surface area (Å²) in [5.41, 5.74) is 1.30. The van der Waals surface area contributed by atoms with E-state index in [0.29, 0.717) is 5.92 Å². The topological polar surface area (TPSA) is 0 Å². The average Bonchev–Trinajstić information content (AvgIpc) is 2.06. The molecule has 0 bridgehead atoms. The third-order valence-corrected chi connectivity index (χ3v) is 2.57. The van der Waals surface area contributed by atoms with Gasteiger partial charge in [0, 0.05) is 0 Å². The van der Waals surface area contributed by atoms with Crippen molar-refractivity contribution in [3.8, 4) is 0 Å². The first-order chi connectivity index (χ1) is 5.70. The first kappa shape index (κ1) is 9.31. The van der Waals surface area contributed by atoms with E-state index in [-0.39, 0.29) is 0 Å². The summed E-state index contributed by atoms with van der Waals surface area (Å²) in [7, 11) is 0. The summed E-state index contributed by atoms with van der Waals surface area (Å²) >= 11 is 0. The van der Waals surface area contributed by atoms with E-state index in [1.165, 1.54) is 18.4 Å². The summed E-state index contributed by atoms with van der Waals surface area (Å²) in [6, 6.07) is 0. The number of allylic oxidation sites excluding steroid dienone is 5. The highest BCUT2D eigenvalue weighted by Gasteiger charge is 2.10. The SMILES string of the molecule is C=C(C)C(C)CC1C=CC=CC1. The Balaban J connectivity index is 2.36. The Kier molecular flexibility index (Phi) is 3.33. The minimum atomic E-state index is 0.658. The minimum Gasteiger partial charge on any atom is -0.0999 e. The van der Waals surface area contributed by atoms with Crippen LogP contribution in [-0.2, 0) is 0 Å². The van der Waals surface area contributed by atoms with Gasteiger partial charge in [0.2, 0.25) is 0 Å². The molecule has 1 aliphatic rings. The van der Waals surface area contributed by atoms with Crippen LogP contribution < -0.4 is 0 Å². The van der Waals surface area contributed by atoms with Crippen LogP contribution in [-0.4, -0.2) is 0 Å². The van der Waals surface area contributed by atoms with Crippen LogP contribution >= 0.6 is 0 Å². The van der Waals surface area contributed by atoms with Crippen LogP contribution in [0.3, 0.4) is 0 Å². The molecule has 0 aromatic carbocycles. The van der Waals surface area contributed by atoms with Crippen molar-refractivity contribution in [2.45, 2.75) is 26.7 Å². The summed E-state index contributed by atoms with van der Waals surface area (Å²) in [5, 5.41) is 0. The molecule has 0 spiro atoms. The molecule has 0 heteroatoms. The lowest BCUT2D eigenvalue weighted by Gasteiger charge is -2.18. The molecule has 66 valence electrons. The third-order valence-electron chi connectivity index (χ3n) is 2.57. The summed E-state index contributed by atoms with van der Waals surface area (Å²) in [6.07, 6.45) is 11.3. The van der Waals surface area contributed by atoms with Gasteiger partial charge in [0.25, 0.3) is 0 Å². The zero-order valence-corrected chi connectivity index (χ0v) is 8.09. The van der Waals surface area contributed by atoms with Gasteiger partial charge in [-0.1, -0.05) is 43.4 Å². The van der Waals surface area contributed by atoms with Crippen molar-refractivity contribution in [1.82, 2.24) is 0 Å². The minimum absolute atomic E-state index is 0.658. The lowest BCUT2D eigenvalue weighted by atomic mass is 9.88. The van der Waals surface area contributed by atoms with Crippen molar-refractivity contribution >= 4 is 0 Å². The maximum absolute atomic E-state index is 3.98. The molecule has 0 aromatic rings. The summed E-state index contributed by atoms with van der Waals surface area (Å²) in [6.45, 7) is 8.35. The van der Waals surface area contributed by atoms with E-state index < -0.39 is 0 Å². The van der Waals surface area contributed by atoms with Gasteiger partial charge in [-0.2, -0.15) is 0 Å². The van der Waals surface area contributed by atoms with E-state index >= 15 is 0 Å². The molecule has 0 heterocycles. The van der Waals surface area contributed by atoms with Gasteiger partial charge >= 0.3 is 0 Å². The highest BCUT2D eigenvalue weighted by Crippen LogP contribution is 2.23. The van der Waals surface area contributed by atoms with Gasteiger partial charge in [0.05, 0.1) is 0 Å². The van der Waals surface area contributed by atoms with E-state index in [9.17, 15) is 0 Å². The predicted octanol–water partition coefficient (Wildman–Crippen LogP) is 3.72. The molecule has 12 heavy (non-hydrogen) atoms. The Bertz CT molecular complexity index is 208. The van der Waals surface area contributed by atoms with Crippen molar-refractivity contribution in [2.24, 2.45) is 11.8 Å². The predicted molar refractivity (Wildman–Crippen MR) is 55.0 cm³/mol. The van der Waals surface area contributed by atoms with Crippen LogP contribution in [0.2, 0.25) is 0 Å². The van der Waals surface area contributed by atoms with Crippen molar-refractivity contribution in [3.63, 3.8) is 0 Å². The Morgan fingerprint density at radius 1 is 1.58 bits per heavy atom. The van der Waals surface area contributed by atoms with Gasteiger partial charge in [-0.05, 0) is 31.6 Å². The maximum atomic E-state index is 3.98. The molecule has 2 unspecified atom stereocenters. The Morgan fingerprint density at radius 3 is 2.83 bits per heavy atom. The molecule has 0 saturated carbocycles. The Morgan fingerprint density at radius 2 is 2.33 bits per heavy atom. The van der Waals surface area contributed by atoms with Gasteiger partial charge in [0.1, 0.15) is 0 Å². The fourth-order valence-corrected chi connectivity index (χ4v) is 1.46. The van der Waals surface area contributed by atoms with E-state index in [4.69, 9.17) is 0 Å². The molecule has 2 atom stereocenters. The van der Waals surface area contributed by atoms with E-state index in [0.717, 1.165) is 5.92 Å². The lowest BCUT2D eigenvalue weighted by Crippen LogP contribution is -2.05. The summed E-state index contributed by atoms with van der Waals surface area (Å²) < 4.78 is 0. The third kappa shape index (κ3) is 2.69.